The molecule has 0 fully saturated rings. The van der Waals surface area contributed by atoms with Crippen LogP contribution in [0.15, 0.2) is 85.1 Å². The molecule has 4 aromatic carbocycles. The molecule has 0 aliphatic carbocycles. The zero-order valence-corrected chi connectivity index (χ0v) is 34.8. The third kappa shape index (κ3) is 7.38. The molecule has 7 rings (SSSR count). The fourth-order valence-corrected chi connectivity index (χ4v) is 7.42. The molecule has 0 radical (unpaired) electrons. The second-order valence-corrected chi connectivity index (χ2v) is 15.5. The number of nitrogens with zero attached hydrogens (tertiary/aromatic N) is 4. The van der Waals surface area contributed by atoms with Crippen molar-refractivity contribution < 1.29 is 25.8 Å². The van der Waals surface area contributed by atoms with Gasteiger partial charge in [0, 0.05) is 34.5 Å². The molecule has 53 heavy (non-hydrogen) atoms. The van der Waals surface area contributed by atoms with E-state index < -0.39 is 0 Å². The number of benzene rings is 4. The van der Waals surface area contributed by atoms with Gasteiger partial charge in [-0.05, 0) is 89.5 Å². The van der Waals surface area contributed by atoms with Crippen molar-refractivity contribution in [1.29, 1.82) is 0 Å². The fourth-order valence-electron chi connectivity index (χ4n) is 7.42. The van der Waals surface area contributed by atoms with E-state index >= 15 is 0 Å². The molecule has 0 saturated carbocycles. The third-order valence-corrected chi connectivity index (χ3v) is 10.1. The fraction of sp³-hybridized carbons (Fsp3) is 0.319. The quantitative estimate of drug-likeness (QED) is 0.129. The van der Waals surface area contributed by atoms with E-state index in [1.54, 1.807) is 0 Å². The van der Waals surface area contributed by atoms with Crippen LogP contribution in [0, 0.1) is 26.0 Å². The van der Waals surface area contributed by atoms with Crippen LogP contribution >= 0.6 is 0 Å². The van der Waals surface area contributed by atoms with Crippen molar-refractivity contribution in [1.82, 2.24) is 19.3 Å². The van der Waals surface area contributed by atoms with Gasteiger partial charge in [-0.2, -0.15) is 11.2 Å². The first-order chi connectivity index (χ1) is 25.0. The van der Waals surface area contributed by atoms with Crippen molar-refractivity contribution in [3.05, 3.63) is 131 Å². The Kier molecular flexibility index (Phi) is 11.2. The van der Waals surface area contributed by atoms with Gasteiger partial charge in [-0.1, -0.05) is 103 Å². The molecule has 0 atom stereocenters. The van der Waals surface area contributed by atoms with Crippen LogP contribution in [-0.4, -0.2) is 19.3 Å². The van der Waals surface area contributed by atoms with Gasteiger partial charge < -0.3 is 9.30 Å². The Labute approximate surface area is 329 Å². The van der Waals surface area contributed by atoms with Gasteiger partial charge in [0.05, 0.1) is 5.69 Å². The number of pyridine rings is 1. The summed E-state index contributed by atoms with van der Waals surface area (Å²) >= 11 is 0. The Balaban J connectivity index is 0.00000481. The summed E-state index contributed by atoms with van der Waals surface area (Å²) in [5, 5.41) is 7.63. The summed E-state index contributed by atoms with van der Waals surface area (Å²) in [6.45, 7) is 20.1. The van der Waals surface area contributed by atoms with Crippen molar-refractivity contribution in [2.75, 3.05) is 0 Å². The van der Waals surface area contributed by atoms with Crippen molar-refractivity contribution in [2.24, 2.45) is 0 Å². The van der Waals surface area contributed by atoms with E-state index in [-0.39, 0.29) is 26.5 Å². The first kappa shape index (κ1) is 38.3. The summed E-state index contributed by atoms with van der Waals surface area (Å²) < 4.78 is 11.1. The Morgan fingerprint density at radius 1 is 0.774 bits per heavy atom. The van der Waals surface area contributed by atoms with Gasteiger partial charge in [0.15, 0.2) is 0 Å². The number of rotatable bonds is 10. The predicted octanol–water partition coefficient (Wildman–Crippen LogP) is 12.4. The van der Waals surface area contributed by atoms with Crippen molar-refractivity contribution in [2.45, 2.75) is 99.3 Å². The minimum Gasteiger partial charge on any atom is -0.509 e. The summed E-state index contributed by atoms with van der Waals surface area (Å²) in [4.78, 5) is 4.83. The monoisotopic (exact) mass is 881 g/mol. The van der Waals surface area contributed by atoms with E-state index in [1.807, 2.05) is 12.3 Å². The van der Waals surface area contributed by atoms with Crippen LogP contribution < -0.4 is 4.74 Å². The van der Waals surface area contributed by atoms with Gasteiger partial charge in [-0.3, -0.25) is 4.68 Å². The Morgan fingerprint density at radius 3 is 2.21 bits per heavy atom. The van der Waals surface area contributed by atoms with Gasteiger partial charge in [0.1, 0.15) is 5.82 Å². The maximum Gasteiger partial charge on any atom is 2.00 e. The van der Waals surface area contributed by atoms with Crippen molar-refractivity contribution >= 4 is 21.8 Å². The van der Waals surface area contributed by atoms with Gasteiger partial charge in [0.2, 0.25) is 0 Å². The number of para-hydroxylation sites is 1. The standard InChI is InChI=1S/C47H50N4O.Pt/c1-10-15-40-46(45-31(5)17-14-18-32(45)6)42(16-11-2)51(49-40)35-26-34(47(7,8)9)27-37(28-35)52-36-21-22-39-38-19-12-13-20-41(38)50(43(39)29-36)44-25-33(30(3)4)23-24-48-44;/h12-14,17-27,30H,10-11,15-16H2,1-9H3;/q-2;+2. The van der Waals surface area contributed by atoms with Crippen LogP contribution in [0.25, 0.3) is 44.4 Å². The summed E-state index contributed by atoms with van der Waals surface area (Å²) in [7, 11) is 0. The van der Waals surface area contributed by atoms with Crippen molar-refractivity contribution in [3.63, 3.8) is 0 Å². The SMILES string of the molecule is CCCc1nn(-c2[c-]c(Oc3[c-]c4c(cc3)c3ccccc3n4-c3cc(C(C)C)ccn3)cc(C(C)(C)C)c2)c(CCC)c1-c1c(C)cccc1C.[Pt+2]. The van der Waals surface area contributed by atoms with Crippen LogP contribution in [0.3, 0.4) is 0 Å². The molecule has 3 heterocycles. The van der Waals surface area contributed by atoms with Crippen LogP contribution in [-0.2, 0) is 39.3 Å². The first-order valence-electron chi connectivity index (χ1n) is 18.8. The molecular formula is C47H50N4OPt. The van der Waals surface area contributed by atoms with Crippen LogP contribution in [0.4, 0.5) is 0 Å². The minimum absolute atomic E-state index is 0. The summed E-state index contributed by atoms with van der Waals surface area (Å²) in [6.07, 6.45) is 5.75. The molecule has 0 aliphatic rings. The molecule has 0 spiro atoms. The average molecular weight is 882 g/mol. The number of fused-ring (bicyclic) bond motifs is 3. The van der Waals surface area contributed by atoms with Crippen LogP contribution in [0.1, 0.15) is 101 Å². The van der Waals surface area contributed by atoms with E-state index in [0.717, 1.165) is 70.3 Å². The van der Waals surface area contributed by atoms with E-state index in [0.29, 0.717) is 17.4 Å². The predicted molar refractivity (Wildman–Crippen MR) is 216 cm³/mol. The second kappa shape index (κ2) is 15.5. The Morgan fingerprint density at radius 2 is 1.51 bits per heavy atom. The second-order valence-electron chi connectivity index (χ2n) is 15.5. The zero-order chi connectivity index (χ0) is 36.7. The van der Waals surface area contributed by atoms with E-state index in [1.165, 1.54) is 33.5 Å². The first-order valence-corrected chi connectivity index (χ1v) is 18.8. The van der Waals surface area contributed by atoms with Crippen molar-refractivity contribution in [3.8, 4) is 34.1 Å². The molecule has 3 aromatic heterocycles. The number of ether oxygens (including phenoxy) is 1. The largest absolute Gasteiger partial charge is 2.00 e. The summed E-state index contributed by atoms with van der Waals surface area (Å²) in [5.41, 5.74) is 12.7. The smallest absolute Gasteiger partial charge is 0.509 e. The maximum atomic E-state index is 6.75. The summed E-state index contributed by atoms with van der Waals surface area (Å²) in [6, 6.07) is 35.2. The molecule has 7 aromatic rings. The molecule has 274 valence electrons. The Hall–Kier alpha value is -4.47. The van der Waals surface area contributed by atoms with E-state index in [9.17, 15) is 0 Å². The molecule has 0 N–H and O–H groups in total. The Bertz CT molecular complexity index is 2390. The number of aromatic nitrogens is 4. The van der Waals surface area contributed by atoms with Crippen LogP contribution in [0.2, 0.25) is 0 Å². The number of hydrogen-bond donors (Lipinski definition) is 0. The molecule has 5 nitrogen and oxygen atoms in total. The normalized spacial score (nSPS) is 11.8. The number of hydrogen-bond acceptors (Lipinski definition) is 3. The molecule has 0 bridgehead atoms. The zero-order valence-electron chi connectivity index (χ0n) is 32.5. The minimum atomic E-state index is -0.130. The maximum absolute atomic E-state index is 6.75. The van der Waals surface area contributed by atoms with Gasteiger partial charge in [-0.15, -0.1) is 41.3 Å². The number of aryl methyl sites for hydroxylation is 3. The molecule has 6 heteroatoms. The molecule has 0 aliphatic heterocycles. The molecule has 0 unspecified atom stereocenters. The summed E-state index contributed by atoms with van der Waals surface area (Å²) in [5.74, 6) is 2.53. The molecule has 0 amide bonds. The molecular weight excluding hydrogens is 832 g/mol. The molecule has 0 saturated heterocycles. The van der Waals surface area contributed by atoms with Gasteiger partial charge in [-0.25, -0.2) is 4.98 Å². The average Bonchev–Trinajstić information content (AvgIpc) is 3.63. The van der Waals surface area contributed by atoms with Crippen LogP contribution in [0.5, 0.6) is 11.5 Å². The third-order valence-electron chi connectivity index (χ3n) is 10.1. The van der Waals surface area contributed by atoms with E-state index in [2.05, 4.69) is 156 Å². The van der Waals surface area contributed by atoms with Gasteiger partial charge >= 0.3 is 21.1 Å². The van der Waals surface area contributed by atoms with E-state index in [4.69, 9.17) is 14.8 Å². The topological polar surface area (TPSA) is 44.9 Å². The van der Waals surface area contributed by atoms with Gasteiger partial charge in [0.25, 0.3) is 0 Å².